The van der Waals surface area contributed by atoms with Crippen LogP contribution in [0.1, 0.15) is 5.56 Å². The van der Waals surface area contributed by atoms with Crippen molar-refractivity contribution in [3.8, 4) is 5.75 Å². The van der Waals surface area contributed by atoms with Crippen LogP contribution in [0.3, 0.4) is 0 Å². The van der Waals surface area contributed by atoms with Crippen molar-refractivity contribution in [2.75, 3.05) is 7.11 Å². The van der Waals surface area contributed by atoms with Crippen molar-refractivity contribution in [2.24, 2.45) is 0 Å². The molecule has 72 valence electrons. The summed E-state index contributed by atoms with van der Waals surface area (Å²) in [6.07, 6.45) is 0. The molecule has 3 heteroatoms. The fourth-order valence-corrected chi connectivity index (χ4v) is 1.40. The van der Waals surface area contributed by atoms with E-state index in [0.717, 1.165) is 10.9 Å². The Hall–Kier alpha value is -1.77. The van der Waals surface area contributed by atoms with Crippen LogP contribution in [-0.4, -0.2) is 7.11 Å². The van der Waals surface area contributed by atoms with Crippen LogP contribution in [0.15, 0.2) is 28.7 Å². The minimum absolute atomic E-state index is 0.182. The van der Waals surface area contributed by atoms with Gasteiger partial charge in [-0.2, -0.15) is 0 Å². The van der Waals surface area contributed by atoms with Gasteiger partial charge in [0.2, 0.25) is 5.55 Å². The highest BCUT2D eigenvalue weighted by molar-refractivity contribution is 5.82. The molecule has 0 fully saturated rings. The number of hydrogen-bond donors (Lipinski definition) is 1. The molecule has 14 heavy (non-hydrogen) atoms. The normalized spacial score (nSPS) is 10.4. The maximum absolute atomic E-state index is 7.55. The maximum atomic E-state index is 7.55. The quantitative estimate of drug-likeness (QED) is 0.747. The summed E-state index contributed by atoms with van der Waals surface area (Å²) in [5.41, 5.74) is 1.64. The number of methoxy groups -OCH3 is 1. The molecule has 0 amide bonds. The van der Waals surface area contributed by atoms with E-state index in [0.29, 0.717) is 11.3 Å². The molecule has 3 nitrogen and oxygen atoms in total. The van der Waals surface area contributed by atoms with Gasteiger partial charge in [0, 0.05) is 10.9 Å². The topological polar surface area (TPSA) is 46.2 Å². The molecule has 0 unspecified atom stereocenters. The van der Waals surface area contributed by atoms with Crippen molar-refractivity contribution < 1.29 is 9.15 Å². The third-order valence-corrected chi connectivity index (χ3v) is 2.16. The van der Waals surface area contributed by atoms with Gasteiger partial charge >= 0.3 is 0 Å². The van der Waals surface area contributed by atoms with E-state index >= 15 is 0 Å². The first-order valence-corrected chi connectivity index (χ1v) is 4.34. The summed E-state index contributed by atoms with van der Waals surface area (Å²) in [4.78, 5) is 0. The maximum Gasteiger partial charge on any atom is 0.215 e. The molecule has 0 atom stereocenters. The molecule has 0 spiro atoms. The van der Waals surface area contributed by atoms with Crippen molar-refractivity contribution in [3.63, 3.8) is 0 Å². The van der Waals surface area contributed by atoms with E-state index in [1.807, 2.05) is 31.2 Å². The highest BCUT2D eigenvalue weighted by Gasteiger charge is 2.04. The smallest absolute Gasteiger partial charge is 0.215 e. The first-order valence-electron chi connectivity index (χ1n) is 4.34. The second-order valence-electron chi connectivity index (χ2n) is 3.14. The van der Waals surface area contributed by atoms with E-state index in [4.69, 9.17) is 14.6 Å². The van der Waals surface area contributed by atoms with Crippen molar-refractivity contribution in [1.82, 2.24) is 0 Å². The highest BCUT2D eigenvalue weighted by Crippen LogP contribution is 2.23. The highest BCUT2D eigenvalue weighted by atomic mass is 16.5. The number of hydrogen-bond acceptors (Lipinski definition) is 3. The Morgan fingerprint density at radius 3 is 2.86 bits per heavy atom. The van der Waals surface area contributed by atoms with Crippen LogP contribution in [0.4, 0.5) is 0 Å². The van der Waals surface area contributed by atoms with Gasteiger partial charge in [-0.15, -0.1) is 0 Å². The van der Waals surface area contributed by atoms with E-state index in [2.05, 4.69) is 0 Å². The second-order valence-corrected chi connectivity index (χ2v) is 3.14. The summed E-state index contributed by atoms with van der Waals surface area (Å²) in [5.74, 6) is 0.663. The Bertz CT molecular complexity index is 528. The molecule has 1 aromatic carbocycles. The Balaban J connectivity index is 2.88. The van der Waals surface area contributed by atoms with Crippen LogP contribution in [0.5, 0.6) is 5.75 Å². The van der Waals surface area contributed by atoms with Crippen molar-refractivity contribution in [2.45, 2.75) is 6.92 Å². The third kappa shape index (κ3) is 1.27. The largest absolute Gasteiger partial charge is 0.493 e. The first kappa shape index (κ1) is 8.81. The van der Waals surface area contributed by atoms with E-state index < -0.39 is 0 Å². The average Bonchev–Trinajstić information content (AvgIpc) is 2.19. The zero-order chi connectivity index (χ0) is 10.1. The number of aryl methyl sites for hydroxylation is 1. The number of fused-ring (bicyclic) bond motifs is 1. The lowest BCUT2D eigenvalue weighted by atomic mass is 10.2. The van der Waals surface area contributed by atoms with Crippen molar-refractivity contribution in [3.05, 3.63) is 35.4 Å². The lowest BCUT2D eigenvalue weighted by molar-refractivity contribution is 0.404. The number of para-hydroxylation sites is 1. The van der Waals surface area contributed by atoms with E-state index in [-0.39, 0.29) is 5.55 Å². The van der Waals surface area contributed by atoms with Crippen molar-refractivity contribution >= 4 is 11.0 Å². The van der Waals surface area contributed by atoms with Crippen LogP contribution in [0.25, 0.3) is 11.0 Å². The molecule has 1 N–H and O–H groups in total. The lowest BCUT2D eigenvalue weighted by Gasteiger charge is -2.04. The molecular formula is C11H11NO2. The monoisotopic (exact) mass is 189 g/mol. The van der Waals surface area contributed by atoms with E-state index in [9.17, 15) is 0 Å². The Morgan fingerprint density at radius 1 is 1.36 bits per heavy atom. The molecule has 1 aromatic heterocycles. The van der Waals surface area contributed by atoms with Gasteiger partial charge in [0.25, 0.3) is 0 Å². The Morgan fingerprint density at radius 2 is 2.14 bits per heavy atom. The summed E-state index contributed by atoms with van der Waals surface area (Å²) < 4.78 is 10.5. The van der Waals surface area contributed by atoms with Crippen LogP contribution in [0.2, 0.25) is 0 Å². The van der Waals surface area contributed by atoms with Gasteiger partial charge in [-0.3, -0.25) is 5.41 Å². The summed E-state index contributed by atoms with van der Waals surface area (Å²) in [7, 11) is 1.59. The molecule has 0 aliphatic rings. The lowest BCUT2D eigenvalue weighted by Crippen LogP contribution is -2.02. The third-order valence-electron chi connectivity index (χ3n) is 2.16. The summed E-state index contributed by atoms with van der Waals surface area (Å²) in [5, 5.41) is 8.51. The number of ether oxygens (including phenoxy) is 1. The van der Waals surface area contributed by atoms with Gasteiger partial charge < -0.3 is 9.15 Å². The molecule has 1 heterocycles. The number of nitrogens with one attached hydrogen (secondary N) is 1. The minimum atomic E-state index is 0.182. The van der Waals surface area contributed by atoms with Crippen LogP contribution in [0, 0.1) is 12.3 Å². The molecule has 0 saturated carbocycles. The van der Waals surface area contributed by atoms with Gasteiger partial charge in [-0.1, -0.05) is 12.1 Å². The predicted molar refractivity (Wildman–Crippen MR) is 53.4 cm³/mol. The summed E-state index contributed by atoms with van der Waals surface area (Å²) in [6.45, 7) is 1.85. The van der Waals surface area contributed by atoms with Gasteiger partial charge in [0.15, 0.2) is 11.3 Å². The summed E-state index contributed by atoms with van der Waals surface area (Å²) in [6, 6.07) is 7.58. The van der Waals surface area contributed by atoms with Crippen molar-refractivity contribution in [1.29, 1.82) is 5.41 Å². The average molecular weight is 189 g/mol. The molecule has 0 bridgehead atoms. The van der Waals surface area contributed by atoms with Crippen LogP contribution < -0.4 is 10.3 Å². The summed E-state index contributed by atoms with van der Waals surface area (Å²) >= 11 is 0. The molecule has 0 radical (unpaired) electrons. The standard InChI is InChI=1S/C11H11NO2/c1-7-6-8-4-3-5-9(13-2)10(8)14-11(7)12/h3-6,12H,1-2H3. The van der Waals surface area contributed by atoms with Gasteiger partial charge in [-0.05, 0) is 19.1 Å². The first-order chi connectivity index (χ1) is 6.72. The predicted octanol–water partition coefficient (Wildman–Crippen LogP) is 2.23. The SMILES string of the molecule is COc1cccc2cc(C)c(=N)oc12. The molecule has 0 aliphatic carbocycles. The fraction of sp³-hybridized carbons (Fsp3) is 0.182. The Labute approximate surface area is 81.4 Å². The Kier molecular flexibility index (Phi) is 2.00. The number of benzene rings is 1. The number of rotatable bonds is 1. The molecule has 2 aromatic rings. The molecular weight excluding hydrogens is 178 g/mol. The molecule has 2 rings (SSSR count). The van der Waals surface area contributed by atoms with Gasteiger partial charge in [0.1, 0.15) is 0 Å². The zero-order valence-electron chi connectivity index (χ0n) is 8.13. The molecule has 0 saturated heterocycles. The van der Waals surface area contributed by atoms with Crippen LogP contribution >= 0.6 is 0 Å². The van der Waals surface area contributed by atoms with Gasteiger partial charge in [-0.25, -0.2) is 0 Å². The zero-order valence-corrected chi connectivity index (χ0v) is 8.13. The van der Waals surface area contributed by atoms with E-state index in [1.165, 1.54) is 0 Å². The van der Waals surface area contributed by atoms with E-state index in [1.54, 1.807) is 7.11 Å². The fourth-order valence-electron chi connectivity index (χ4n) is 1.40. The molecule has 0 aliphatic heterocycles. The van der Waals surface area contributed by atoms with Gasteiger partial charge in [0.05, 0.1) is 7.11 Å². The minimum Gasteiger partial charge on any atom is -0.493 e. The van der Waals surface area contributed by atoms with Crippen LogP contribution in [-0.2, 0) is 0 Å². The second kappa shape index (κ2) is 3.18.